The third-order valence-corrected chi connectivity index (χ3v) is 4.60. The highest BCUT2D eigenvalue weighted by molar-refractivity contribution is 7.99. The fourth-order valence-electron chi connectivity index (χ4n) is 2.37. The Morgan fingerprint density at radius 2 is 2.13 bits per heavy atom. The van der Waals surface area contributed by atoms with Gasteiger partial charge in [-0.25, -0.2) is 0 Å². The Morgan fingerprint density at radius 3 is 2.87 bits per heavy atom. The third-order valence-electron chi connectivity index (χ3n) is 3.55. The second-order valence-corrected chi connectivity index (χ2v) is 6.53. The molecule has 0 aliphatic carbocycles. The van der Waals surface area contributed by atoms with E-state index < -0.39 is 0 Å². The Balaban J connectivity index is 1.58. The number of rotatable bonds is 4. The largest absolute Gasteiger partial charge is 0.485 e. The molecule has 0 atom stereocenters. The van der Waals surface area contributed by atoms with Crippen LogP contribution in [0, 0.1) is 6.92 Å². The van der Waals surface area contributed by atoms with E-state index in [1.807, 2.05) is 16.7 Å². The van der Waals surface area contributed by atoms with Crippen molar-refractivity contribution in [2.75, 3.05) is 24.6 Å². The van der Waals surface area contributed by atoms with Crippen molar-refractivity contribution >= 4 is 17.7 Å². The summed E-state index contributed by atoms with van der Waals surface area (Å²) >= 11 is 1.91. The summed E-state index contributed by atoms with van der Waals surface area (Å²) in [5.41, 5.74) is 0.694. The summed E-state index contributed by atoms with van der Waals surface area (Å²) in [5, 5.41) is 3.77. The number of carbonyl (C=O) groups is 1. The normalized spacial score (nSPS) is 15.3. The van der Waals surface area contributed by atoms with Crippen LogP contribution >= 0.6 is 11.8 Å². The maximum absolute atomic E-state index is 12.5. The number of hydrogen-bond acceptors (Lipinski definition) is 6. The lowest BCUT2D eigenvalue weighted by Crippen LogP contribution is -2.32. The standard InChI is InChI=1S/C16H19N3O3S/c1-12-17-15(18-22-12)11-21-14-5-3-13(4-6-14)16(20)19-7-2-9-23-10-8-19/h3-6H,2,7-11H2,1H3. The monoisotopic (exact) mass is 333 g/mol. The van der Waals surface area contributed by atoms with Crippen LogP contribution in [0.15, 0.2) is 28.8 Å². The molecular formula is C16H19N3O3S. The van der Waals surface area contributed by atoms with E-state index >= 15 is 0 Å². The van der Waals surface area contributed by atoms with Crippen LogP contribution in [0.1, 0.15) is 28.5 Å². The summed E-state index contributed by atoms with van der Waals surface area (Å²) in [7, 11) is 0. The zero-order valence-electron chi connectivity index (χ0n) is 13.0. The number of aryl methyl sites for hydroxylation is 1. The zero-order valence-corrected chi connectivity index (χ0v) is 13.8. The molecule has 1 aliphatic rings. The van der Waals surface area contributed by atoms with Gasteiger partial charge in [-0.05, 0) is 36.4 Å². The molecule has 1 fully saturated rings. The first kappa shape index (κ1) is 15.9. The van der Waals surface area contributed by atoms with Gasteiger partial charge in [0.1, 0.15) is 5.75 Å². The fourth-order valence-corrected chi connectivity index (χ4v) is 3.26. The summed E-state index contributed by atoms with van der Waals surface area (Å²) < 4.78 is 10.5. The van der Waals surface area contributed by atoms with Crippen molar-refractivity contribution in [2.24, 2.45) is 0 Å². The minimum atomic E-state index is 0.0906. The van der Waals surface area contributed by atoms with E-state index in [4.69, 9.17) is 9.26 Å². The fraction of sp³-hybridized carbons (Fsp3) is 0.438. The number of ether oxygens (including phenoxy) is 1. The number of benzene rings is 1. The van der Waals surface area contributed by atoms with Crippen molar-refractivity contribution in [1.29, 1.82) is 0 Å². The summed E-state index contributed by atoms with van der Waals surface area (Å²) in [6.45, 7) is 3.63. The number of thioether (sulfide) groups is 1. The van der Waals surface area contributed by atoms with E-state index in [-0.39, 0.29) is 12.5 Å². The molecule has 2 aromatic rings. The lowest BCUT2D eigenvalue weighted by atomic mass is 10.2. The van der Waals surface area contributed by atoms with Crippen LogP contribution in [0.25, 0.3) is 0 Å². The predicted octanol–water partition coefficient (Wildman–Crippen LogP) is 2.54. The highest BCUT2D eigenvalue weighted by Crippen LogP contribution is 2.17. The van der Waals surface area contributed by atoms with Crippen LogP contribution in [0.4, 0.5) is 0 Å². The van der Waals surface area contributed by atoms with E-state index in [1.54, 1.807) is 31.2 Å². The third kappa shape index (κ3) is 4.25. The molecule has 0 bridgehead atoms. The highest BCUT2D eigenvalue weighted by Gasteiger charge is 2.17. The molecule has 0 unspecified atom stereocenters. The van der Waals surface area contributed by atoms with Gasteiger partial charge in [-0.3, -0.25) is 4.79 Å². The lowest BCUT2D eigenvalue weighted by Gasteiger charge is -2.20. The van der Waals surface area contributed by atoms with Gasteiger partial charge in [-0.2, -0.15) is 16.7 Å². The van der Waals surface area contributed by atoms with Gasteiger partial charge >= 0.3 is 0 Å². The Hall–Kier alpha value is -2.02. The Bertz CT molecular complexity index is 649. The van der Waals surface area contributed by atoms with Crippen LogP contribution in [-0.4, -0.2) is 45.5 Å². The Morgan fingerprint density at radius 1 is 1.30 bits per heavy atom. The molecule has 1 aliphatic heterocycles. The van der Waals surface area contributed by atoms with E-state index in [0.29, 0.717) is 23.0 Å². The van der Waals surface area contributed by atoms with Crippen molar-refractivity contribution in [3.05, 3.63) is 41.5 Å². The molecule has 2 heterocycles. The van der Waals surface area contributed by atoms with Crippen molar-refractivity contribution in [3.63, 3.8) is 0 Å². The van der Waals surface area contributed by atoms with Gasteiger partial charge < -0.3 is 14.2 Å². The average Bonchev–Trinajstić information content (AvgIpc) is 2.83. The number of carbonyl (C=O) groups excluding carboxylic acids is 1. The van der Waals surface area contributed by atoms with E-state index in [1.165, 1.54) is 0 Å². The van der Waals surface area contributed by atoms with Crippen molar-refractivity contribution in [3.8, 4) is 5.75 Å². The van der Waals surface area contributed by atoms with Crippen LogP contribution in [-0.2, 0) is 6.61 Å². The highest BCUT2D eigenvalue weighted by atomic mass is 32.2. The molecule has 6 nitrogen and oxygen atoms in total. The summed E-state index contributed by atoms with van der Waals surface area (Å²) in [5.74, 6) is 3.93. The van der Waals surface area contributed by atoms with Crippen LogP contribution in [0.5, 0.6) is 5.75 Å². The predicted molar refractivity (Wildman–Crippen MR) is 87.7 cm³/mol. The SMILES string of the molecule is Cc1nc(COc2ccc(C(=O)N3CCCSCC3)cc2)no1. The molecule has 0 spiro atoms. The second kappa shape index (κ2) is 7.50. The number of aromatic nitrogens is 2. The molecule has 1 amide bonds. The average molecular weight is 333 g/mol. The number of nitrogens with zero attached hydrogens (tertiary/aromatic N) is 3. The van der Waals surface area contributed by atoms with Gasteiger partial charge in [-0.1, -0.05) is 5.16 Å². The summed E-state index contributed by atoms with van der Waals surface area (Å²) in [4.78, 5) is 18.5. The molecule has 0 saturated carbocycles. The van der Waals surface area contributed by atoms with Crippen LogP contribution < -0.4 is 4.74 Å². The first-order valence-electron chi connectivity index (χ1n) is 7.61. The summed E-state index contributed by atoms with van der Waals surface area (Å²) in [6.07, 6.45) is 1.06. The molecular weight excluding hydrogens is 314 g/mol. The molecule has 3 rings (SSSR count). The second-order valence-electron chi connectivity index (χ2n) is 5.30. The van der Waals surface area contributed by atoms with E-state index in [2.05, 4.69) is 10.1 Å². The maximum atomic E-state index is 12.5. The quantitative estimate of drug-likeness (QED) is 0.856. The number of amides is 1. The Labute approximate surface area is 139 Å². The van der Waals surface area contributed by atoms with Crippen molar-refractivity contribution in [2.45, 2.75) is 20.0 Å². The molecule has 23 heavy (non-hydrogen) atoms. The first-order valence-corrected chi connectivity index (χ1v) is 8.77. The van der Waals surface area contributed by atoms with E-state index in [9.17, 15) is 4.79 Å². The molecule has 1 saturated heterocycles. The minimum absolute atomic E-state index is 0.0906. The molecule has 7 heteroatoms. The molecule has 0 radical (unpaired) electrons. The van der Waals surface area contributed by atoms with Gasteiger partial charge in [0.15, 0.2) is 6.61 Å². The molecule has 1 aromatic heterocycles. The van der Waals surface area contributed by atoms with Crippen LogP contribution in [0.2, 0.25) is 0 Å². The molecule has 1 aromatic carbocycles. The van der Waals surface area contributed by atoms with Crippen LogP contribution in [0.3, 0.4) is 0 Å². The van der Waals surface area contributed by atoms with Crippen molar-refractivity contribution < 1.29 is 14.1 Å². The van der Waals surface area contributed by atoms with Crippen molar-refractivity contribution in [1.82, 2.24) is 15.0 Å². The minimum Gasteiger partial charge on any atom is -0.485 e. The van der Waals surface area contributed by atoms with Gasteiger partial charge in [0, 0.05) is 31.3 Å². The van der Waals surface area contributed by atoms with Gasteiger partial charge in [0.05, 0.1) is 0 Å². The smallest absolute Gasteiger partial charge is 0.253 e. The molecule has 0 N–H and O–H groups in total. The van der Waals surface area contributed by atoms with Gasteiger partial charge in [0.25, 0.3) is 5.91 Å². The molecule has 122 valence electrons. The zero-order chi connectivity index (χ0) is 16.1. The summed E-state index contributed by atoms with van der Waals surface area (Å²) in [6, 6.07) is 7.20. The first-order chi connectivity index (χ1) is 11.2. The van der Waals surface area contributed by atoms with Gasteiger partial charge in [-0.15, -0.1) is 0 Å². The number of hydrogen-bond donors (Lipinski definition) is 0. The Kier molecular flexibility index (Phi) is 5.17. The van der Waals surface area contributed by atoms with E-state index in [0.717, 1.165) is 31.0 Å². The maximum Gasteiger partial charge on any atom is 0.253 e. The topological polar surface area (TPSA) is 68.5 Å². The lowest BCUT2D eigenvalue weighted by molar-refractivity contribution is 0.0768. The van der Waals surface area contributed by atoms with Gasteiger partial charge in [0.2, 0.25) is 11.7 Å².